The van der Waals surface area contributed by atoms with Gasteiger partial charge in [0.15, 0.2) is 11.5 Å². The van der Waals surface area contributed by atoms with E-state index in [-0.39, 0.29) is 18.2 Å². The van der Waals surface area contributed by atoms with Gasteiger partial charge in [0, 0.05) is 6.04 Å². The van der Waals surface area contributed by atoms with E-state index in [1.54, 1.807) is 7.11 Å². The zero-order chi connectivity index (χ0) is 10.1. The summed E-state index contributed by atoms with van der Waals surface area (Å²) in [4.78, 5) is 0. The third kappa shape index (κ3) is 2.19. The van der Waals surface area contributed by atoms with Gasteiger partial charge >= 0.3 is 0 Å². The fourth-order valence-corrected chi connectivity index (χ4v) is 1.94. The lowest BCUT2D eigenvalue weighted by Gasteiger charge is -2.24. The van der Waals surface area contributed by atoms with E-state index >= 15 is 0 Å². The summed E-state index contributed by atoms with van der Waals surface area (Å²) in [7, 11) is 1.57. The van der Waals surface area contributed by atoms with E-state index in [9.17, 15) is 5.11 Å². The van der Waals surface area contributed by atoms with Gasteiger partial charge in [-0.25, -0.2) is 0 Å². The first-order valence-corrected chi connectivity index (χ1v) is 4.85. The molecular formula is C11H16ClNO2. The van der Waals surface area contributed by atoms with Crippen LogP contribution < -0.4 is 10.1 Å². The molecule has 0 bridgehead atoms. The van der Waals surface area contributed by atoms with E-state index in [1.807, 2.05) is 12.1 Å². The number of benzene rings is 1. The van der Waals surface area contributed by atoms with Gasteiger partial charge in [-0.05, 0) is 43.1 Å². The molecule has 4 heteroatoms. The summed E-state index contributed by atoms with van der Waals surface area (Å²) >= 11 is 0. The second-order valence-corrected chi connectivity index (χ2v) is 3.65. The van der Waals surface area contributed by atoms with E-state index in [2.05, 4.69) is 12.2 Å². The number of nitrogens with one attached hydrogen (secondary N) is 1. The third-order valence-corrected chi connectivity index (χ3v) is 2.75. The Morgan fingerprint density at radius 3 is 2.87 bits per heavy atom. The highest BCUT2D eigenvalue weighted by Gasteiger charge is 2.18. The van der Waals surface area contributed by atoms with Crippen molar-refractivity contribution in [2.45, 2.75) is 19.4 Å². The lowest BCUT2D eigenvalue weighted by molar-refractivity contribution is 0.370. The Labute approximate surface area is 95.9 Å². The molecule has 0 spiro atoms. The second kappa shape index (κ2) is 4.73. The molecule has 1 atom stereocenters. The number of phenols is 1. The summed E-state index contributed by atoms with van der Waals surface area (Å²) in [5.74, 6) is 0.791. The Bertz CT molecular complexity index is 355. The number of ether oxygens (including phenoxy) is 1. The van der Waals surface area contributed by atoms with Gasteiger partial charge in [-0.15, -0.1) is 12.4 Å². The van der Waals surface area contributed by atoms with Crippen molar-refractivity contribution < 1.29 is 9.84 Å². The standard InChI is InChI=1S/C11H15NO2.ClH/c1-7-9-6-11(14-2)10(13)5-8(9)3-4-12-7;/h5-7,12-13H,3-4H2,1-2H3;1H/t7-;/m0./s1. The summed E-state index contributed by atoms with van der Waals surface area (Å²) in [5.41, 5.74) is 2.44. The van der Waals surface area contributed by atoms with Crippen molar-refractivity contribution in [3.63, 3.8) is 0 Å². The number of phenolic OH excluding ortho intramolecular Hbond substituents is 1. The summed E-state index contributed by atoms with van der Waals surface area (Å²) in [6.07, 6.45) is 0.969. The average molecular weight is 230 g/mol. The molecule has 0 aromatic heterocycles. The second-order valence-electron chi connectivity index (χ2n) is 3.65. The van der Waals surface area contributed by atoms with Crippen molar-refractivity contribution in [1.82, 2.24) is 5.32 Å². The number of hydrogen-bond donors (Lipinski definition) is 2. The van der Waals surface area contributed by atoms with Crippen molar-refractivity contribution >= 4 is 12.4 Å². The fraction of sp³-hybridized carbons (Fsp3) is 0.455. The molecule has 0 saturated heterocycles. The van der Waals surface area contributed by atoms with Gasteiger partial charge in [-0.1, -0.05) is 0 Å². The maximum Gasteiger partial charge on any atom is 0.160 e. The first-order valence-electron chi connectivity index (χ1n) is 4.85. The Balaban J connectivity index is 0.00000112. The molecule has 1 heterocycles. The molecule has 1 aromatic rings. The molecule has 2 rings (SSSR count). The number of aromatic hydroxyl groups is 1. The number of rotatable bonds is 1. The van der Waals surface area contributed by atoms with Crippen LogP contribution >= 0.6 is 12.4 Å². The minimum Gasteiger partial charge on any atom is -0.504 e. The van der Waals surface area contributed by atoms with Crippen LogP contribution in [0.25, 0.3) is 0 Å². The van der Waals surface area contributed by atoms with Crippen molar-refractivity contribution in [3.05, 3.63) is 23.3 Å². The van der Waals surface area contributed by atoms with Gasteiger partial charge in [0.05, 0.1) is 7.11 Å². The van der Waals surface area contributed by atoms with Crippen LogP contribution in [-0.4, -0.2) is 18.8 Å². The van der Waals surface area contributed by atoms with Crippen LogP contribution in [-0.2, 0) is 6.42 Å². The topological polar surface area (TPSA) is 41.5 Å². The molecule has 0 saturated carbocycles. The summed E-state index contributed by atoms with van der Waals surface area (Å²) in [6.45, 7) is 3.09. The number of fused-ring (bicyclic) bond motifs is 1. The van der Waals surface area contributed by atoms with E-state index in [0.29, 0.717) is 11.8 Å². The zero-order valence-corrected chi connectivity index (χ0v) is 9.73. The van der Waals surface area contributed by atoms with Crippen LogP contribution in [0.15, 0.2) is 12.1 Å². The van der Waals surface area contributed by atoms with Crippen LogP contribution in [0, 0.1) is 0 Å². The van der Waals surface area contributed by atoms with Gasteiger partial charge in [-0.2, -0.15) is 0 Å². The number of halogens is 1. The zero-order valence-electron chi connectivity index (χ0n) is 8.91. The SMILES string of the molecule is COc1cc2c(cc1O)CCN[C@H]2C.Cl. The maximum absolute atomic E-state index is 9.61. The van der Waals surface area contributed by atoms with E-state index < -0.39 is 0 Å². The predicted octanol–water partition coefficient (Wildman–Crippen LogP) is 2.03. The van der Waals surface area contributed by atoms with Crippen LogP contribution in [0.2, 0.25) is 0 Å². The van der Waals surface area contributed by atoms with Gasteiger partial charge in [-0.3, -0.25) is 0 Å². The average Bonchev–Trinajstić information content (AvgIpc) is 2.17. The van der Waals surface area contributed by atoms with Gasteiger partial charge in [0.1, 0.15) is 0 Å². The highest BCUT2D eigenvalue weighted by atomic mass is 35.5. The fourth-order valence-electron chi connectivity index (χ4n) is 1.94. The van der Waals surface area contributed by atoms with Crippen LogP contribution in [0.1, 0.15) is 24.1 Å². The molecule has 0 amide bonds. The molecule has 1 aliphatic rings. The Morgan fingerprint density at radius 1 is 1.47 bits per heavy atom. The van der Waals surface area contributed by atoms with E-state index in [0.717, 1.165) is 13.0 Å². The van der Waals surface area contributed by atoms with Gasteiger partial charge in [0.25, 0.3) is 0 Å². The number of methoxy groups -OCH3 is 1. The van der Waals surface area contributed by atoms with Crippen molar-refractivity contribution in [1.29, 1.82) is 0 Å². The number of hydrogen-bond acceptors (Lipinski definition) is 3. The first kappa shape index (κ1) is 12.1. The molecule has 1 aromatic carbocycles. The lowest BCUT2D eigenvalue weighted by atomic mass is 9.95. The van der Waals surface area contributed by atoms with Crippen molar-refractivity contribution in [2.24, 2.45) is 0 Å². The molecule has 0 aliphatic carbocycles. The summed E-state index contributed by atoms with van der Waals surface area (Å²) < 4.78 is 5.08. The molecule has 1 aliphatic heterocycles. The summed E-state index contributed by atoms with van der Waals surface area (Å²) in [6, 6.07) is 4.07. The van der Waals surface area contributed by atoms with E-state index in [4.69, 9.17) is 4.74 Å². The monoisotopic (exact) mass is 229 g/mol. The van der Waals surface area contributed by atoms with Gasteiger partial charge < -0.3 is 15.2 Å². The molecule has 0 radical (unpaired) electrons. The Kier molecular flexibility index (Phi) is 3.83. The quantitative estimate of drug-likeness (QED) is 0.774. The molecule has 84 valence electrons. The highest BCUT2D eigenvalue weighted by Crippen LogP contribution is 2.33. The maximum atomic E-state index is 9.61. The highest BCUT2D eigenvalue weighted by molar-refractivity contribution is 5.85. The molecule has 0 fully saturated rings. The predicted molar refractivity (Wildman–Crippen MR) is 62.0 cm³/mol. The molecule has 2 N–H and O–H groups in total. The normalized spacial score (nSPS) is 18.9. The van der Waals surface area contributed by atoms with Crippen LogP contribution in [0.4, 0.5) is 0 Å². The van der Waals surface area contributed by atoms with Crippen LogP contribution in [0.3, 0.4) is 0 Å². The first-order chi connectivity index (χ1) is 6.72. The lowest BCUT2D eigenvalue weighted by Crippen LogP contribution is -2.27. The van der Waals surface area contributed by atoms with E-state index in [1.165, 1.54) is 11.1 Å². The Morgan fingerprint density at radius 2 is 2.20 bits per heavy atom. The smallest absolute Gasteiger partial charge is 0.160 e. The molecule has 15 heavy (non-hydrogen) atoms. The largest absolute Gasteiger partial charge is 0.504 e. The third-order valence-electron chi connectivity index (χ3n) is 2.75. The Hall–Kier alpha value is -0.930. The minimum atomic E-state index is 0. The molecule has 3 nitrogen and oxygen atoms in total. The van der Waals surface area contributed by atoms with Crippen molar-refractivity contribution in [2.75, 3.05) is 13.7 Å². The molecular weight excluding hydrogens is 214 g/mol. The van der Waals surface area contributed by atoms with Crippen LogP contribution in [0.5, 0.6) is 11.5 Å². The minimum absolute atomic E-state index is 0. The van der Waals surface area contributed by atoms with Gasteiger partial charge in [0.2, 0.25) is 0 Å². The summed E-state index contributed by atoms with van der Waals surface area (Å²) in [5, 5.41) is 13.0. The molecule has 0 unspecified atom stereocenters. The van der Waals surface area contributed by atoms with Crippen molar-refractivity contribution in [3.8, 4) is 11.5 Å².